The molecule has 0 heterocycles. The van der Waals surface area contributed by atoms with Gasteiger partial charge in [-0.2, -0.15) is 0 Å². The van der Waals surface area contributed by atoms with Gasteiger partial charge in [-0.1, -0.05) is 6.07 Å². The molecule has 0 radical (unpaired) electrons. The summed E-state index contributed by atoms with van der Waals surface area (Å²) in [6.45, 7) is 1.76. The highest BCUT2D eigenvalue weighted by Crippen LogP contribution is 2.32. The summed E-state index contributed by atoms with van der Waals surface area (Å²) in [6, 6.07) is 5.78. The Balaban J connectivity index is 3.22. The van der Waals surface area contributed by atoms with Crippen LogP contribution in [0.5, 0.6) is 0 Å². The average molecular weight is 292 g/mol. The number of hydrogen-bond acceptors (Lipinski definition) is 1. The molecule has 0 aliphatic rings. The van der Waals surface area contributed by atoms with Crippen LogP contribution in [0.1, 0.15) is 6.92 Å². The van der Waals surface area contributed by atoms with E-state index in [1.807, 2.05) is 18.2 Å². The van der Waals surface area contributed by atoms with Gasteiger partial charge in [-0.15, -0.1) is 0 Å². The van der Waals surface area contributed by atoms with Crippen LogP contribution in [0, 0.1) is 0 Å². The lowest BCUT2D eigenvalue weighted by Crippen LogP contribution is -2.03. The molecule has 0 saturated carbocycles. The minimum Gasteiger partial charge on any atom is -0.387 e. The molecular weight excluding hydrogens is 284 g/mol. The first kappa shape index (κ1) is 9.74. The van der Waals surface area contributed by atoms with E-state index in [1.54, 1.807) is 6.92 Å². The lowest BCUT2D eigenvalue weighted by atomic mass is 10.3. The van der Waals surface area contributed by atoms with E-state index in [0.29, 0.717) is 5.84 Å². The van der Waals surface area contributed by atoms with Crippen LogP contribution in [-0.4, -0.2) is 5.84 Å². The number of aliphatic imine (C=N–C) groups is 1. The van der Waals surface area contributed by atoms with Gasteiger partial charge in [0.25, 0.3) is 0 Å². The molecule has 12 heavy (non-hydrogen) atoms. The Morgan fingerprint density at radius 3 is 2.25 bits per heavy atom. The fourth-order valence-corrected chi connectivity index (χ4v) is 1.95. The highest BCUT2D eigenvalue weighted by molar-refractivity contribution is 9.11. The number of halogens is 2. The van der Waals surface area contributed by atoms with Gasteiger partial charge in [-0.05, 0) is 50.9 Å². The van der Waals surface area contributed by atoms with Crippen molar-refractivity contribution in [1.29, 1.82) is 0 Å². The molecule has 0 unspecified atom stereocenters. The molecule has 0 amide bonds. The van der Waals surface area contributed by atoms with Gasteiger partial charge in [0.05, 0.1) is 11.5 Å². The SMILES string of the molecule is CC(N)=Nc1c(Br)cccc1Br. The summed E-state index contributed by atoms with van der Waals surface area (Å²) in [5, 5.41) is 0. The minimum absolute atomic E-state index is 0.544. The summed E-state index contributed by atoms with van der Waals surface area (Å²) in [5.74, 6) is 0.544. The summed E-state index contributed by atoms with van der Waals surface area (Å²) in [6.07, 6.45) is 0. The first-order valence-corrected chi connectivity index (χ1v) is 4.94. The molecule has 0 bridgehead atoms. The fourth-order valence-electron chi connectivity index (χ4n) is 0.772. The Kier molecular flexibility index (Phi) is 3.29. The van der Waals surface area contributed by atoms with Crippen molar-refractivity contribution >= 4 is 43.4 Å². The standard InChI is InChI=1S/C8H8Br2N2/c1-5(11)12-8-6(9)3-2-4-7(8)10/h2-4H,1H3,(H2,11,12). The maximum atomic E-state index is 5.47. The van der Waals surface area contributed by atoms with Gasteiger partial charge in [-0.3, -0.25) is 0 Å². The van der Waals surface area contributed by atoms with Gasteiger partial charge in [0.15, 0.2) is 0 Å². The number of benzene rings is 1. The molecule has 64 valence electrons. The van der Waals surface area contributed by atoms with Crippen molar-refractivity contribution in [2.75, 3.05) is 0 Å². The quantitative estimate of drug-likeness (QED) is 0.626. The minimum atomic E-state index is 0.544. The molecule has 2 nitrogen and oxygen atoms in total. The van der Waals surface area contributed by atoms with Gasteiger partial charge in [-0.25, -0.2) is 4.99 Å². The Morgan fingerprint density at radius 2 is 1.83 bits per heavy atom. The molecule has 0 spiro atoms. The molecular formula is C8H8Br2N2. The lowest BCUT2D eigenvalue weighted by molar-refractivity contribution is 1.41. The zero-order chi connectivity index (χ0) is 9.14. The third kappa shape index (κ3) is 2.32. The van der Waals surface area contributed by atoms with E-state index in [0.717, 1.165) is 14.6 Å². The number of rotatable bonds is 1. The summed E-state index contributed by atoms with van der Waals surface area (Å²) < 4.78 is 1.86. The monoisotopic (exact) mass is 290 g/mol. The number of hydrogen-bond donors (Lipinski definition) is 1. The molecule has 1 aromatic carbocycles. The van der Waals surface area contributed by atoms with Crippen molar-refractivity contribution in [1.82, 2.24) is 0 Å². The van der Waals surface area contributed by atoms with E-state index in [1.165, 1.54) is 0 Å². The highest BCUT2D eigenvalue weighted by Gasteiger charge is 2.01. The Hall–Kier alpha value is -0.350. The Bertz CT molecular complexity index is 297. The summed E-state index contributed by atoms with van der Waals surface area (Å²) in [5.41, 5.74) is 6.30. The van der Waals surface area contributed by atoms with Crippen molar-refractivity contribution in [3.8, 4) is 0 Å². The maximum absolute atomic E-state index is 5.47. The number of amidine groups is 1. The molecule has 0 aliphatic heterocycles. The van der Waals surface area contributed by atoms with Gasteiger partial charge in [0.2, 0.25) is 0 Å². The van der Waals surface area contributed by atoms with Gasteiger partial charge >= 0.3 is 0 Å². The van der Waals surface area contributed by atoms with Crippen molar-refractivity contribution in [3.05, 3.63) is 27.1 Å². The molecule has 2 N–H and O–H groups in total. The van der Waals surface area contributed by atoms with E-state index in [4.69, 9.17) is 5.73 Å². The normalized spacial score (nSPS) is 11.8. The van der Waals surface area contributed by atoms with Crippen LogP contribution in [0.2, 0.25) is 0 Å². The second-order valence-corrected chi connectivity index (χ2v) is 4.03. The van der Waals surface area contributed by atoms with Crippen molar-refractivity contribution < 1.29 is 0 Å². The number of para-hydroxylation sites is 1. The summed E-state index contributed by atoms with van der Waals surface area (Å²) in [7, 11) is 0. The van der Waals surface area contributed by atoms with Crippen LogP contribution in [0.4, 0.5) is 5.69 Å². The number of nitrogens with zero attached hydrogens (tertiary/aromatic N) is 1. The number of nitrogens with two attached hydrogens (primary N) is 1. The van der Waals surface area contributed by atoms with Crippen LogP contribution in [0.15, 0.2) is 32.1 Å². The second kappa shape index (κ2) is 4.05. The van der Waals surface area contributed by atoms with Crippen LogP contribution in [-0.2, 0) is 0 Å². The zero-order valence-corrected chi connectivity index (χ0v) is 9.68. The van der Waals surface area contributed by atoms with Crippen LogP contribution in [0.25, 0.3) is 0 Å². The Labute approximate surface area is 88.1 Å². The predicted octanol–water partition coefficient (Wildman–Crippen LogP) is 3.22. The highest BCUT2D eigenvalue weighted by atomic mass is 79.9. The van der Waals surface area contributed by atoms with Crippen molar-refractivity contribution in [2.24, 2.45) is 10.7 Å². The van der Waals surface area contributed by atoms with Crippen LogP contribution in [0.3, 0.4) is 0 Å². The second-order valence-electron chi connectivity index (χ2n) is 2.32. The van der Waals surface area contributed by atoms with Crippen molar-refractivity contribution in [2.45, 2.75) is 6.92 Å². The average Bonchev–Trinajstić information content (AvgIpc) is 1.97. The Morgan fingerprint density at radius 1 is 1.33 bits per heavy atom. The van der Waals surface area contributed by atoms with Gasteiger partial charge < -0.3 is 5.73 Å². The third-order valence-electron chi connectivity index (χ3n) is 1.23. The van der Waals surface area contributed by atoms with E-state index >= 15 is 0 Å². The van der Waals surface area contributed by atoms with Gasteiger partial charge in [0.1, 0.15) is 0 Å². The van der Waals surface area contributed by atoms with E-state index in [2.05, 4.69) is 36.9 Å². The molecule has 4 heteroatoms. The smallest absolute Gasteiger partial charge is 0.0965 e. The largest absolute Gasteiger partial charge is 0.387 e. The van der Waals surface area contributed by atoms with Crippen molar-refractivity contribution in [3.63, 3.8) is 0 Å². The first-order chi connectivity index (χ1) is 5.61. The van der Waals surface area contributed by atoms with E-state index < -0.39 is 0 Å². The predicted molar refractivity (Wildman–Crippen MR) is 58.8 cm³/mol. The van der Waals surface area contributed by atoms with E-state index in [9.17, 15) is 0 Å². The summed E-state index contributed by atoms with van der Waals surface area (Å²) in [4.78, 5) is 4.16. The molecule has 0 atom stereocenters. The molecule has 0 fully saturated rings. The topological polar surface area (TPSA) is 38.4 Å². The summed E-state index contributed by atoms with van der Waals surface area (Å²) >= 11 is 6.77. The molecule has 1 rings (SSSR count). The van der Waals surface area contributed by atoms with Gasteiger partial charge in [0, 0.05) is 8.95 Å². The van der Waals surface area contributed by atoms with Crippen LogP contribution < -0.4 is 5.73 Å². The molecule has 0 aliphatic carbocycles. The molecule has 0 aromatic heterocycles. The van der Waals surface area contributed by atoms with E-state index in [-0.39, 0.29) is 0 Å². The molecule has 1 aromatic rings. The maximum Gasteiger partial charge on any atom is 0.0965 e. The lowest BCUT2D eigenvalue weighted by Gasteiger charge is -2.01. The van der Waals surface area contributed by atoms with Crippen LogP contribution >= 0.6 is 31.9 Å². The molecule has 0 saturated heterocycles. The fraction of sp³-hybridized carbons (Fsp3) is 0.125. The zero-order valence-electron chi connectivity index (χ0n) is 6.51. The first-order valence-electron chi connectivity index (χ1n) is 3.36. The third-order valence-corrected chi connectivity index (χ3v) is 2.51.